The van der Waals surface area contributed by atoms with E-state index < -0.39 is 0 Å². The van der Waals surface area contributed by atoms with E-state index in [9.17, 15) is 4.79 Å². The van der Waals surface area contributed by atoms with E-state index in [1.54, 1.807) is 11.3 Å². The third-order valence-electron chi connectivity index (χ3n) is 6.03. The number of carbonyl (C=O) groups is 1. The number of ether oxygens (including phenoxy) is 1. The summed E-state index contributed by atoms with van der Waals surface area (Å²) in [5, 5.41) is 7.47. The van der Waals surface area contributed by atoms with Gasteiger partial charge in [-0.3, -0.25) is 9.69 Å². The Balaban J connectivity index is 1.30. The van der Waals surface area contributed by atoms with E-state index in [1.165, 1.54) is 18.4 Å². The molecule has 4 nitrogen and oxygen atoms in total. The average molecular weight is 349 g/mol. The molecule has 1 amide bonds. The predicted molar refractivity (Wildman–Crippen MR) is 95.9 cm³/mol. The lowest BCUT2D eigenvalue weighted by atomic mass is 9.80. The topological polar surface area (TPSA) is 41.6 Å². The molecule has 3 fully saturated rings. The first kappa shape index (κ1) is 16.6. The van der Waals surface area contributed by atoms with Crippen LogP contribution in [0.1, 0.15) is 44.6 Å². The predicted octanol–water partition coefficient (Wildman–Crippen LogP) is 3.03. The van der Waals surface area contributed by atoms with Crippen molar-refractivity contribution in [3.8, 4) is 0 Å². The Morgan fingerprint density at radius 3 is 3.00 bits per heavy atom. The number of piperidine rings is 1. The maximum atomic E-state index is 12.3. The second kappa shape index (κ2) is 6.77. The summed E-state index contributed by atoms with van der Waals surface area (Å²) in [6.45, 7) is 6.30. The summed E-state index contributed by atoms with van der Waals surface area (Å²) < 4.78 is 6.36. The fourth-order valence-electron chi connectivity index (χ4n) is 4.21. The highest BCUT2D eigenvalue weighted by atomic mass is 32.1. The molecule has 3 aliphatic rings. The molecular formula is C19H28N2O2S. The third kappa shape index (κ3) is 3.53. The first-order valence-corrected chi connectivity index (χ1v) is 10.3. The fourth-order valence-corrected chi connectivity index (χ4v) is 4.87. The van der Waals surface area contributed by atoms with E-state index in [4.69, 9.17) is 4.74 Å². The Labute approximate surface area is 148 Å². The van der Waals surface area contributed by atoms with Gasteiger partial charge in [-0.25, -0.2) is 0 Å². The van der Waals surface area contributed by atoms with Crippen molar-refractivity contribution in [1.29, 1.82) is 0 Å². The van der Waals surface area contributed by atoms with Crippen molar-refractivity contribution in [2.75, 3.05) is 19.6 Å². The van der Waals surface area contributed by atoms with Crippen molar-refractivity contribution >= 4 is 17.2 Å². The van der Waals surface area contributed by atoms with Gasteiger partial charge in [-0.15, -0.1) is 0 Å². The molecule has 4 rings (SSSR count). The number of amides is 1. The van der Waals surface area contributed by atoms with Gasteiger partial charge in [0, 0.05) is 26.2 Å². The molecule has 1 aromatic heterocycles. The van der Waals surface area contributed by atoms with Crippen molar-refractivity contribution < 1.29 is 9.53 Å². The van der Waals surface area contributed by atoms with Crippen molar-refractivity contribution in [2.24, 2.45) is 11.8 Å². The molecule has 1 aliphatic carbocycles. The van der Waals surface area contributed by atoms with Crippen molar-refractivity contribution in [3.63, 3.8) is 0 Å². The molecule has 0 radical (unpaired) electrons. The summed E-state index contributed by atoms with van der Waals surface area (Å²) in [6, 6.07) is 2.21. The van der Waals surface area contributed by atoms with Crippen LogP contribution in [0.5, 0.6) is 0 Å². The number of hydrogen-bond acceptors (Lipinski definition) is 4. The van der Waals surface area contributed by atoms with Crippen LogP contribution in [0.3, 0.4) is 0 Å². The van der Waals surface area contributed by atoms with Crippen LogP contribution in [0, 0.1) is 11.8 Å². The largest absolute Gasteiger partial charge is 0.362 e. The first-order valence-electron chi connectivity index (χ1n) is 9.33. The van der Waals surface area contributed by atoms with Gasteiger partial charge in [0.1, 0.15) is 6.10 Å². The van der Waals surface area contributed by atoms with Gasteiger partial charge in [0.25, 0.3) is 0 Å². The monoisotopic (exact) mass is 348 g/mol. The molecule has 1 N–H and O–H groups in total. The zero-order valence-corrected chi connectivity index (χ0v) is 15.3. The van der Waals surface area contributed by atoms with Crippen LogP contribution in [0.4, 0.5) is 0 Å². The maximum Gasteiger partial charge on any atom is 0.249 e. The number of rotatable bonds is 5. The minimum absolute atomic E-state index is 0.0767. The maximum absolute atomic E-state index is 12.3. The molecule has 2 aliphatic heterocycles. The molecule has 132 valence electrons. The smallest absolute Gasteiger partial charge is 0.249 e. The Hall–Kier alpha value is -0.910. The van der Waals surface area contributed by atoms with E-state index in [0.29, 0.717) is 5.92 Å². The summed E-state index contributed by atoms with van der Waals surface area (Å²) >= 11 is 1.77. The van der Waals surface area contributed by atoms with Crippen LogP contribution in [0.2, 0.25) is 0 Å². The molecule has 1 saturated carbocycles. The average Bonchev–Trinajstić information content (AvgIpc) is 3.07. The molecule has 0 bridgehead atoms. The Morgan fingerprint density at radius 1 is 1.42 bits per heavy atom. The Bertz CT molecular complexity index is 572. The summed E-state index contributed by atoms with van der Waals surface area (Å²) in [7, 11) is 0. The minimum Gasteiger partial charge on any atom is -0.362 e. The third-order valence-corrected chi connectivity index (χ3v) is 6.76. The summed E-state index contributed by atoms with van der Waals surface area (Å²) in [4.78, 5) is 14.9. The van der Waals surface area contributed by atoms with Gasteiger partial charge < -0.3 is 10.1 Å². The molecular weight excluding hydrogens is 320 g/mol. The van der Waals surface area contributed by atoms with Gasteiger partial charge in [-0.2, -0.15) is 11.3 Å². The number of likely N-dealkylation sites (tertiary alicyclic amines) is 1. The molecule has 3 atom stereocenters. The SMILES string of the molecule is C[C@H]1CN(Cc2ccsc2)CC[C@]12CCC(C(=O)NCC1CC1)O2. The molecule has 1 spiro atoms. The lowest BCUT2D eigenvalue weighted by Gasteiger charge is -2.44. The highest BCUT2D eigenvalue weighted by molar-refractivity contribution is 7.07. The molecule has 3 heterocycles. The van der Waals surface area contributed by atoms with Gasteiger partial charge in [0.05, 0.1) is 5.60 Å². The molecule has 1 aromatic rings. The number of carbonyl (C=O) groups excluding carboxylic acids is 1. The summed E-state index contributed by atoms with van der Waals surface area (Å²) in [6.07, 6.45) is 5.27. The molecule has 2 saturated heterocycles. The van der Waals surface area contributed by atoms with E-state index in [-0.39, 0.29) is 17.6 Å². The second-order valence-electron chi connectivity index (χ2n) is 7.92. The van der Waals surface area contributed by atoms with Crippen LogP contribution in [0.25, 0.3) is 0 Å². The molecule has 5 heteroatoms. The number of hydrogen-bond donors (Lipinski definition) is 1. The lowest BCUT2D eigenvalue weighted by molar-refractivity contribution is -0.147. The molecule has 0 aromatic carbocycles. The number of nitrogens with zero attached hydrogens (tertiary/aromatic N) is 1. The van der Waals surface area contributed by atoms with Crippen molar-refractivity contribution in [3.05, 3.63) is 22.4 Å². The van der Waals surface area contributed by atoms with Crippen LogP contribution in [-0.4, -0.2) is 42.1 Å². The first-order chi connectivity index (χ1) is 11.6. The van der Waals surface area contributed by atoms with Crippen LogP contribution >= 0.6 is 11.3 Å². The van der Waals surface area contributed by atoms with Crippen molar-refractivity contribution in [2.45, 2.75) is 57.3 Å². The van der Waals surface area contributed by atoms with Gasteiger partial charge >= 0.3 is 0 Å². The van der Waals surface area contributed by atoms with Crippen LogP contribution in [0.15, 0.2) is 16.8 Å². The molecule has 1 unspecified atom stereocenters. The van der Waals surface area contributed by atoms with Gasteiger partial charge in [-0.1, -0.05) is 6.92 Å². The fraction of sp³-hybridized carbons (Fsp3) is 0.737. The minimum atomic E-state index is -0.227. The van der Waals surface area contributed by atoms with Crippen LogP contribution in [-0.2, 0) is 16.1 Å². The van der Waals surface area contributed by atoms with E-state index in [2.05, 4.69) is 34.0 Å². The van der Waals surface area contributed by atoms with E-state index in [0.717, 1.165) is 51.4 Å². The normalized spacial score (nSPS) is 33.9. The quantitative estimate of drug-likeness (QED) is 0.889. The summed E-state index contributed by atoms with van der Waals surface area (Å²) in [5.74, 6) is 1.32. The van der Waals surface area contributed by atoms with Crippen molar-refractivity contribution in [1.82, 2.24) is 10.2 Å². The number of thiophene rings is 1. The lowest BCUT2D eigenvalue weighted by Crippen LogP contribution is -2.51. The number of nitrogens with one attached hydrogen (secondary N) is 1. The van der Waals surface area contributed by atoms with Crippen LogP contribution < -0.4 is 5.32 Å². The van der Waals surface area contributed by atoms with Gasteiger partial charge in [0.15, 0.2) is 0 Å². The Kier molecular flexibility index (Phi) is 4.67. The second-order valence-corrected chi connectivity index (χ2v) is 8.70. The van der Waals surface area contributed by atoms with E-state index >= 15 is 0 Å². The zero-order chi connectivity index (χ0) is 16.6. The standard InChI is InChI=1S/C19H28N2O2S/c1-14-11-21(12-16-5-9-24-13-16)8-7-19(14)6-4-17(23-19)18(22)20-10-15-2-3-15/h5,9,13-15,17H,2-4,6-8,10-12H2,1H3,(H,20,22)/t14-,17?,19+/m0/s1. The highest BCUT2D eigenvalue weighted by Crippen LogP contribution is 2.42. The van der Waals surface area contributed by atoms with E-state index in [1.807, 2.05) is 0 Å². The Morgan fingerprint density at radius 2 is 2.29 bits per heavy atom. The summed E-state index contributed by atoms with van der Waals surface area (Å²) in [5.41, 5.74) is 1.33. The zero-order valence-electron chi connectivity index (χ0n) is 14.5. The molecule has 24 heavy (non-hydrogen) atoms. The van der Waals surface area contributed by atoms with Gasteiger partial charge in [0.2, 0.25) is 5.91 Å². The highest BCUT2D eigenvalue weighted by Gasteiger charge is 2.48. The van der Waals surface area contributed by atoms with Gasteiger partial charge in [-0.05, 0) is 66.3 Å².